The fraction of sp³-hybridized carbons (Fsp3) is 0. The van der Waals surface area contributed by atoms with Gasteiger partial charge in [-0.3, -0.25) is 0 Å². The second kappa shape index (κ2) is 9.84. The second-order valence-electron chi connectivity index (χ2n) is 8.56. The van der Waals surface area contributed by atoms with Gasteiger partial charge in [-0.05, 0) is 30.3 Å². The van der Waals surface area contributed by atoms with Gasteiger partial charge in [0.25, 0.3) is 0 Å². The van der Waals surface area contributed by atoms with Crippen LogP contribution in [0.5, 0.6) is 5.75 Å². The number of aromatic hydroxyl groups is 1. The highest BCUT2D eigenvalue weighted by molar-refractivity contribution is 5.74. The maximum atomic E-state index is 10.3. The number of benzene rings is 4. The molecule has 6 aromatic rings. The summed E-state index contributed by atoms with van der Waals surface area (Å²) < 4.78 is 0. The summed E-state index contributed by atoms with van der Waals surface area (Å²) in [6, 6.07) is 39.2. The maximum absolute atomic E-state index is 10.3. The van der Waals surface area contributed by atoms with Gasteiger partial charge in [-0.15, -0.1) is 0 Å². The molecule has 0 radical (unpaired) electrons. The molecule has 0 aliphatic rings. The lowest BCUT2D eigenvalue weighted by molar-refractivity contribution is 0.477. The molecule has 0 bridgehead atoms. The summed E-state index contributed by atoms with van der Waals surface area (Å²) in [6.45, 7) is 0. The standard InChI is InChI=1S/C32H22N4O/c37-30-17-8-7-16-26(30)32-33-19-18-27(34-32)24-14-9-15-25(20-24)31-35-28(22-10-3-1-4-11-22)21-29(36-31)23-12-5-2-6-13-23/h1-21,37H. The quantitative estimate of drug-likeness (QED) is 0.281. The molecule has 5 nitrogen and oxygen atoms in total. The lowest BCUT2D eigenvalue weighted by Gasteiger charge is -2.10. The van der Waals surface area contributed by atoms with Crippen molar-refractivity contribution < 1.29 is 5.11 Å². The average Bonchev–Trinajstić information content (AvgIpc) is 2.98. The van der Waals surface area contributed by atoms with Gasteiger partial charge in [0.05, 0.1) is 22.6 Å². The van der Waals surface area contributed by atoms with E-state index >= 15 is 0 Å². The number of hydrogen-bond donors (Lipinski definition) is 1. The lowest BCUT2D eigenvalue weighted by Crippen LogP contribution is -1.96. The summed E-state index contributed by atoms with van der Waals surface area (Å²) >= 11 is 0. The van der Waals surface area contributed by atoms with E-state index in [2.05, 4.69) is 29.2 Å². The Morgan fingerprint density at radius 1 is 0.432 bits per heavy atom. The van der Waals surface area contributed by atoms with Gasteiger partial charge in [0, 0.05) is 28.5 Å². The normalized spacial score (nSPS) is 10.8. The second-order valence-corrected chi connectivity index (χ2v) is 8.56. The van der Waals surface area contributed by atoms with E-state index < -0.39 is 0 Å². The van der Waals surface area contributed by atoms with E-state index in [9.17, 15) is 5.11 Å². The SMILES string of the molecule is Oc1ccccc1-c1nccc(-c2cccc(-c3nc(-c4ccccc4)cc(-c4ccccc4)n3)c2)n1. The molecule has 1 N–H and O–H groups in total. The number of hydrogen-bond acceptors (Lipinski definition) is 5. The number of phenolic OH excluding ortho intramolecular Hbond substituents is 1. The summed E-state index contributed by atoms with van der Waals surface area (Å²) in [6.07, 6.45) is 1.71. The highest BCUT2D eigenvalue weighted by atomic mass is 16.3. The number of aromatic nitrogens is 4. The van der Waals surface area contributed by atoms with E-state index in [-0.39, 0.29) is 5.75 Å². The Bertz CT molecular complexity index is 1630. The highest BCUT2D eigenvalue weighted by Gasteiger charge is 2.13. The van der Waals surface area contributed by atoms with Gasteiger partial charge in [-0.25, -0.2) is 19.9 Å². The maximum Gasteiger partial charge on any atom is 0.163 e. The first-order valence-corrected chi connectivity index (χ1v) is 12.0. The molecule has 5 heteroatoms. The molecule has 0 amide bonds. The monoisotopic (exact) mass is 478 g/mol. The number of nitrogens with zero attached hydrogens (tertiary/aromatic N) is 4. The summed E-state index contributed by atoms with van der Waals surface area (Å²) in [5.74, 6) is 1.25. The van der Waals surface area contributed by atoms with Gasteiger partial charge in [-0.1, -0.05) is 91.0 Å². The van der Waals surface area contributed by atoms with E-state index in [0.717, 1.165) is 39.3 Å². The molecule has 2 heterocycles. The van der Waals surface area contributed by atoms with Crippen molar-refractivity contribution in [3.63, 3.8) is 0 Å². The molecule has 0 unspecified atom stereocenters. The first kappa shape index (κ1) is 22.3. The first-order valence-electron chi connectivity index (χ1n) is 12.0. The predicted octanol–water partition coefficient (Wildman–Crippen LogP) is 7.31. The van der Waals surface area contributed by atoms with Gasteiger partial charge in [0.2, 0.25) is 0 Å². The van der Waals surface area contributed by atoms with Crippen LogP contribution in [0.15, 0.2) is 128 Å². The van der Waals surface area contributed by atoms with Crippen LogP contribution in [0.3, 0.4) is 0 Å². The molecule has 0 aliphatic heterocycles. The molecule has 0 aliphatic carbocycles. The molecule has 0 spiro atoms. The minimum absolute atomic E-state index is 0.146. The number of para-hydroxylation sites is 1. The Balaban J connectivity index is 1.45. The lowest BCUT2D eigenvalue weighted by atomic mass is 10.0. The Kier molecular flexibility index (Phi) is 5.93. The molecular formula is C32H22N4O. The zero-order chi connectivity index (χ0) is 25.0. The molecule has 2 aromatic heterocycles. The summed E-state index contributed by atoms with van der Waals surface area (Å²) in [5, 5.41) is 10.3. The van der Waals surface area contributed by atoms with Crippen LogP contribution in [0, 0.1) is 0 Å². The van der Waals surface area contributed by atoms with Gasteiger partial charge in [-0.2, -0.15) is 0 Å². The topological polar surface area (TPSA) is 71.8 Å². The van der Waals surface area contributed by atoms with Crippen molar-refractivity contribution in [3.05, 3.63) is 128 Å². The van der Waals surface area contributed by atoms with E-state index in [0.29, 0.717) is 17.2 Å². The summed E-state index contributed by atoms with van der Waals surface area (Å²) in [5.41, 5.74) is 6.91. The minimum Gasteiger partial charge on any atom is -0.507 e. The van der Waals surface area contributed by atoms with E-state index in [1.165, 1.54) is 0 Å². The number of phenols is 1. The molecule has 0 saturated heterocycles. The molecule has 176 valence electrons. The molecule has 0 saturated carbocycles. The van der Waals surface area contributed by atoms with E-state index in [4.69, 9.17) is 15.0 Å². The summed E-state index contributed by atoms with van der Waals surface area (Å²) in [4.78, 5) is 19.0. The van der Waals surface area contributed by atoms with Gasteiger partial charge >= 0.3 is 0 Å². The van der Waals surface area contributed by atoms with Gasteiger partial charge < -0.3 is 5.11 Å². The third kappa shape index (κ3) is 4.70. The van der Waals surface area contributed by atoms with Crippen LogP contribution in [-0.4, -0.2) is 25.0 Å². The molecule has 6 rings (SSSR count). The Morgan fingerprint density at radius 3 is 1.68 bits per heavy atom. The third-order valence-corrected chi connectivity index (χ3v) is 6.08. The Morgan fingerprint density at radius 2 is 1.00 bits per heavy atom. The van der Waals surface area contributed by atoms with Crippen LogP contribution in [0.1, 0.15) is 0 Å². The molecular weight excluding hydrogens is 456 g/mol. The van der Waals surface area contributed by atoms with Crippen molar-refractivity contribution in [3.8, 4) is 62.3 Å². The number of rotatable bonds is 5. The Labute approximate surface area is 214 Å². The van der Waals surface area contributed by atoms with Crippen molar-refractivity contribution >= 4 is 0 Å². The molecule has 0 fully saturated rings. The molecule has 37 heavy (non-hydrogen) atoms. The van der Waals surface area contributed by atoms with E-state index in [1.807, 2.05) is 78.9 Å². The fourth-order valence-corrected chi connectivity index (χ4v) is 4.22. The third-order valence-electron chi connectivity index (χ3n) is 6.08. The van der Waals surface area contributed by atoms with Crippen molar-refractivity contribution in [1.29, 1.82) is 0 Å². The smallest absolute Gasteiger partial charge is 0.163 e. The zero-order valence-corrected chi connectivity index (χ0v) is 19.9. The first-order chi connectivity index (χ1) is 18.2. The van der Waals surface area contributed by atoms with Crippen LogP contribution >= 0.6 is 0 Å². The van der Waals surface area contributed by atoms with Crippen LogP contribution in [0.2, 0.25) is 0 Å². The fourth-order valence-electron chi connectivity index (χ4n) is 4.22. The van der Waals surface area contributed by atoms with Crippen molar-refractivity contribution in [1.82, 2.24) is 19.9 Å². The molecule has 0 atom stereocenters. The van der Waals surface area contributed by atoms with Crippen LogP contribution in [-0.2, 0) is 0 Å². The Hall–Kier alpha value is -5.16. The van der Waals surface area contributed by atoms with Crippen LogP contribution in [0.4, 0.5) is 0 Å². The van der Waals surface area contributed by atoms with Crippen molar-refractivity contribution in [2.24, 2.45) is 0 Å². The van der Waals surface area contributed by atoms with E-state index in [1.54, 1.807) is 24.4 Å². The summed E-state index contributed by atoms with van der Waals surface area (Å²) in [7, 11) is 0. The van der Waals surface area contributed by atoms with Crippen LogP contribution in [0.25, 0.3) is 56.5 Å². The minimum atomic E-state index is 0.146. The predicted molar refractivity (Wildman–Crippen MR) is 146 cm³/mol. The zero-order valence-electron chi connectivity index (χ0n) is 19.9. The van der Waals surface area contributed by atoms with Crippen LogP contribution < -0.4 is 0 Å². The van der Waals surface area contributed by atoms with Crippen molar-refractivity contribution in [2.75, 3.05) is 0 Å². The highest BCUT2D eigenvalue weighted by Crippen LogP contribution is 2.31. The molecule has 4 aromatic carbocycles. The van der Waals surface area contributed by atoms with Gasteiger partial charge in [0.1, 0.15) is 5.75 Å². The largest absolute Gasteiger partial charge is 0.507 e. The average molecular weight is 479 g/mol. The van der Waals surface area contributed by atoms with Gasteiger partial charge in [0.15, 0.2) is 11.6 Å². The van der Waals surface area contributed by atoms with Crippen molar-refractivity contribution in [2.45, 2.75) is 0 Å².